The summed E-state index contributed by atoms with van der Waals surface area (Å²) in [5.41, 5.74) is -1.14. The molecule has 0 radical (unpaired) electrons. The largest absolute Gasteiger partial charge is 0.465 e. The predicted molar refractivity (Wildman–Crippen MR) is 83.6 cm³/mol. The van der Waals surface area contributed by atoms with Gasteiger partial charge in [0.2, 0.25) is 0 Å². The Hall–Kier alpha value is -2.45. The molecule has 1 atom stereocenters. The van der Waals surface area contributed by atoms with E-state index in [0.717, 1.165) is 0 Å². The molecule has 0 saturated heterocycles. The summed E-state index contributed by atoms with van der Waals surface area (Å²) in [4.78, 5) is 25.3. The van der Waals surface area contributed by atoms with Crippen LogP contribution in [0.15, 0.2) is 47.8 Å². The van der Waals surface area contributed by atoms with Crippen LogP contribution < -0.4 is 0 Å². The number of Topliss-reactive ketones (excluding diaryl/α,β-unsaturated/α-hetero) is 1. The number of esters is 1. The monoisotopic (exact) mass is 313 g/mol. The lowest BCUT2D eigenvalue weighted by molar-refractivity contribution is -0.147. The Morgan fingerprint density at radius 2 is 1.95 bits per heavy atom. The normalized spacial score (nSPS) is 12.9. The molecule has 112 valence electrons. The maximum absolute atomic E-state index is 12.4. The summed E-state index contributed by atoms with van der Waals surface area (Å²) in [7, 11) is 0. The molecule has 0 saturated carbocycles. The third-order valence-electron chi connectivity index (χ3n) is 3.30. The minimum absolute atomic E-state index is 0.155. The highest BCUT2D eigenvalue weighted by atomic mass is 32.1. The number of carbonyl (C=O) groups is 2. The molecule has 2 aromatic rings. The second-order valence-corrected chi connectivity index (χ2v) is 5.63. The molecular formula is C17H15NO3S. The summed E-state index contributed by atoms with van der Waals surface area (Å²) >= 11 is 1.29. The van der Waals surface area contributed by atoms with Gasteiger partial charge in [-0.3, -0.25) is 4.79 Å². The second-order valence-electron chi connectivity index (χ2n) is 4.68. The van der Waals surface area contributed by atoms with E-state index in [0.29, 0.717) is 10.4 Å². The smallest absolute Gasteiger partial charge is 0.331 e. The zero-order chi connectivity index (χ0) is 16.0. The molecule has 2 rings (SSSR count). The lowest BCUT2D eigenvalue weighted by Gasteiger charge is -2.24. The van der Waals surface area contributed by atoms with Gasteiger partial charge in [0.1, 0.15) is 0 Å². The van der Waals surface area contributed by atoms with Crippen LogP contribution in [0.25, 0.3) is 0 Å². The van der Waals surface area contributed by atoms with Gasteiger partial charge in [0.05, 0.1) is 17.6 Å². The topological polar surface area (TPSA) is 67.2 Å². The Morgan fingerprint density at radius 3 is 2.50 bits per heavy atom. The number of nitrogens with zero attached hydrogens (tertiary/aromatic N) is 1. The van der Waals surface area contributed by atoms with Crippen molar-refractivity contribution < 1.29 is 14.3 Å². The number of ketones is 1. The van der Waals surface area contributed by atoms with Gasteiger partial charge in [0, 0.05) is 6.42 Å². The maximum atomic E-state index is 12.4. The van der Waals surface area contributed by atoms with Gasteiger partial charge < -0.3 is 4.74 Å². The first-order valence-electron chi connectivity index (χ1n) is 6.84. The van der Waals surface area contributed by atoms with Crippen LogP contribution in [0.3, 0.4) is 0 Å². The highest BCUT2D eigenvalue weighted by Crippen LogP contribution is 2.31. The van der Waals surface area contributed by atoms with E-state index in [9.17, 15) is 14.9 Å². The molecule has 0 N–H and O–H groups in total. The number of hydrogen-bond donors (Lipinski definition) is 0. The molecule has 0 aliphatic rings. The number of thiophene rings is 1. The Morgan fingerprint density at radius 1 is 1.23 bits per heavy atom. The van der Waals surface area contributed by atoms with Crippen LogP contribution in [-0.2, 0) is 14.9 Å². The molecule has 5 heteroatoms. The van der Waals surface area contributed by atoms with Gasteiger partial charge in [-0.1, -0.05) is 36.4 Å². The molecule has 0 bridgehead atoms. The van der Waals surface area contributed by atoms with Gasteiger partial charge in [-0.2, -0.15) is 5.26 Å². The van der Waals surface area contributed by atoms with E-state index in [1.807, 2.05) is 6.07 Å². The Labute approximate surface area is 133 Å². The van der Waals surface area contributed by atoms with Crippen LogP contribution in [0.5, 0.6) is 0 Å². The third kappa shape index (κ3) is 3.07. The fourth-order valence-electron chi connectivity index (χ4n) is 2.18. The highest BCUT2D eigenvalue weighted by Gasteiger charge is 2.44. The summed E-state index contributed by atoms with van der Waals surface area (Å²) in [5.74, 6) is -0.929. The molecule has 1 aromatic heterocycles. The predicted octanol–water partition coefficient (Wildman–Crippen LogP) is 3.35. The average molecular weight is 313 g/mol. The van der Waals surface area contributed by atoms with Crippen LogP contribution in [-0.4, -0.2) is 18.4 Å². The molecule has 0 aliphatic heterocycles. The van der Waals surface area contributed by atoms with Crippen molar-refractivity contribution in [1.29, 1.82) is 5.26 Å². The van der Waals surface area contributed by atoms with Crippen molar-refractivity contribution in [2.75, 3.05) is 6.61 Å². The quantitative estimate of drug-likeness (QED) is 0.606. The van der Waals surface area contributed by atoms with Crippen molar-refractivity contribution in [2.24, 2.45) is 0 Å². The summed E-state index contributed by atoms with van der Waals surface area (Å²) in [6.07, 6.45) is -0.229. The minimum Gasteiger partial charge on any atom is -0.465 e. The summed E-state index contributed by atoms with van der Waals surface area (Å²) in [6, 6.07) is 14.1. The molecular weight excluding hydrogens is 298 g/mol. The van der Waals surface area contributed by atoms with Crippen LogP contribution in [0.2, 0.25) is 0 Å². The van der Waals surface area contributed by atoms with E-state index in [4.69, 9.17) is 4.74 Å². The summed E-state index contributed by atoms with van der Waals surface area (Å²) in [6.45, 7) is 1.83. The molecule has 1 aromatic carbocycles. The first kappa shape index (κ1) is 15.9. The number of rotatable bonds is 6. The van der Waals surface area contributed by atoms with Crippen molar-refractivity contribution in [3.05, 3.63) is 58.3 Å². The molecule has 1 heterocycles. The Kier molecular flexibility index (Phi) is 5.08. The van der Waals surface area contributed by atoms with Gasteiger partial charge in [-0.25, -0.2) is 4.79 Å². The van der Waals surface area contributed by atoms with Gasteiger partial charge in [-0.05, 0) is 23.9 Å². The average Bonchev–Trinajstić information content (AvgIpc) is 3.08. The molecule has 0 amide bonds. The Balaban J connectivity index is 2.43. The zero-order valence-electron chi connectivity index (χ0n) is 12.1. The van der Waals surface area contributed by atoms with Crippen LogP contribution in [0.4, 0.5) is 0 Å². The second kappa shape index (κ2) is 7.01. The molecule has 0 spiro atoms. The number of benzene rings is 1. The van der Waals surface area contributed by atoms with Gasteiger partial charge in [-0.15, -0.1) is 11.3 Å². The molecule has 0 fully saturated rings. The third-order valence-corrected chi connectivity index (χ3v) is 4.21. The van der Waals surface area contributed by atoms with Crippen LogP contribution >= 0.6 is 11.3 Å². The molecule has 1 unspecified atom stereocenters. The zero-order valence-corrected chi connectivity index (χ0v) is 12.9. The van der Waals surface area contributed by atoms with E-state index >= 15 is 0 Å². The van der Waals surface area contributed by atoms with E-state index in [2.05, 4.69) is 0 Å². The standard InChI is InChI=1S/C17H15NO3S/c1-2-21-16(20)17(12-18,13-7-4-3-5-8-13)11-14(19)15-9-6-10-22-15/h3-10H,2,11H2,1H3. The first-order chi connectivity index (χ1) is 10.6. The van der Waals surface area contributed by atoms with Crippen molar-refractivity contribution in [1.82, 2.24) is 0 Å². The van der Waals surface area contributed by atoms with Crippen molar-refractivity contribution in [3.63, 3.8) is 0 Å². The SMILES string of the molecule is CCOC(=O)C(C#N)(CC(=O)c1cccs1)c1ccccc1. The summed E-state index contributed by atoms with van der Waals surface area (Å²) < 4.78 is 5.06. The number of nitriles is 1. The molecule has 4 nitrogen and oxygen atoms in total. The molecule has 0 aliphatic carbocycles. The van der Waals surface area contributed by atoms with E-state index in [1.165, 1.54) is 11.3 Å². The first-order valence-corrected chi connectivity index (χ1v) is 7.72. The lowest BCUT2D eigenvalue weighted by Crippen LogP contribution is -2.38. The van der Waals surface area contributed by atoms with Crippen LogP contribution in [0, 0.1) is 11.3 Å². The van der Waals surface area contributed by atoms with Crippen molar-refractivity contribution in [3.8, 4) is 6.07 Å². The number of carbonyl (C=O) groups excluding carboxylic acids is 2. The fraction of sp³-hybridized carbons (Fsp3) is 0.235. The number of hydrogen-bond acceptors (Lipinski definition) is 5. The van der Waals surface area contributed by atoms with Gasteiger partial charge in [0.15, 0.2) is 11.2 Å². The van der Waals surface area contributed by atoms with Gasteiger partial charge >= 0.3 is 5.97 Å². The highest BCUT2D eigenvalue weighted by molar-refractivity contribution is 7.12. The number of ether oxygens (including phenoxy) is 1. The summed E-state index contributed by atoms with van der Waals surface area (Å²) in [5, 5.41) is 11.5. The van der Waals surface area contributed by atoms with Crippen molar-refractivity contribution >= 4 is 23.1 Å². The molecule has 22 heavy (non-hydrogen) atoms. The Bertz CT molecular complexity index is 688. The van der Waals surface area contributed by atoms with Gasteiger partial charge in [0.25, 0.3) is 0 Å². The fourth-order valence-corrected chi connectivity index (χ4v) is 2.85. The van der Waals surface area contributed by atoms with E-state index in [1.54, 1.807) is 54.8 Å². The minimum atomic E-state index is -1.61. The van der Waals surface area contributed by atoms with Crippen molar-refractivity contribution in [2.45, 2.75) is 18.8 Å². The maximum Gasteiger partial charge on any atom is 0.331 e. The van der Waals surface area contributed by atoms with E-state index < -0.39 is 11.4 Å². The van der Waals surface area contributed by atoms with Crippen LogP contribution in [0.1, 0.15) is 28.6 Å². The lowest BCUT2D eigenvalue weighted by atomic mass is 9.77. The van der Waals surface area contributed by atoms with E-state index in [-0.39, 0.29) is 18.8 Å².